The van der Waals surface area contributed by atoms with Gasteiger partial charge < -0.3 is 10.6 Å². The van der Waals surface area contributed by atoms with Gasteiger partial charge in [0.05, 0.1) is 0 Å². The van der Waals surface area contributed by atoms with Crippen LogP contribution in [0.4, 0.5) is 5.69 Å². The normalized spacial score (nSPS) is 11.1. The number of benzene rings is 1. The third kappa shape index (κ3) is 4.47. The second-order valence-electron chi connectivity index (χ2n) is 4.76. The van der Waals surface area contributed by atoms with E-state index in [4.69, 9.17) is 5.26 Å². The van der Waals surface area contributed by atoms with Gasteiger partial charge in [0.2, 0.25) is 0 Å². The zero-order chi connectivity index (χ0) is 14.4. The molecule has 0 saturated carbocycles. The standard InChI is InChI=1S/C15H19N3O/c1-10(2)17-9-13(8-16)15(19)18-14-6-5-11(3)7-12(14)4/h5-7,9-10,17H,1-4H3,(H,18,19)/b13-9-. The summed E-state index contributed by atoms with van der Waals surface area (Å²) in [5.74, 6) is -0.400. The first-order chi connectivity index (χ1) is 8.93. The van der Waals surface area contributed by atoms with Crippen LogP contribution in [0.15, 0.2) is 30.0 Å². The molecule has 0 radical (unpaired) electrons. The van der Waals surface area contributed by atoms with Gasteiger partial charge in [-0.1, -0.05) is 17.7 Å². The first-order valence-corrected chi connectivity index (χ1v) is 6.19. The number of nitrogens with zero attached hydrogens (tertiary/aromatic N) is 1. The molecule has 2 N–H and O–H groups in total. The van der Waals surface area contributed by atoms with Crippen LogP contribution in [0, 0.1) is 25.2 Å². The van der Waals surface area contributed by atoms with Crippen LogP contribution in [0.1, 0.15) is 25.0 Å². The number of anilines is 1. The molecule has 1 rings (SSSR count). The maximum absolute atomic E-state index is 12.0. The minimum absolute atomic E-state index is 0.0636. The molecule has 0 atom stereocenters. The predicted octanol–water partition coefficient (Wildman–Crippen LogP) is 2.65. The maximum atomic E-state index is 12.0. The molecule has 1 aromatic carbocycles. The number of nitriles is 1. The molecule has 1 amide bonds. The van der Waals surface area contributed by atoms with Crippen LogP contribution in [0.5, 0.6) is 0 Å². The van der Waals surface area contributed by atoms with Gasteiger partial charge in [0, 0.05) is 17.9 Å². The van der Waals surface area contributed by atoms with Crippen molar-refractivity contribution >= 4 is 11.6 Å². The van der Waals surface area contributed by atoms with Crippen molar-refractivity contribution in [2.24, 2.45) is 0 Å². The molecule has 100 valence electrons. The quantitative estimate of drug-likeness (QED) is 0.643. The molecule has 0 unspecified atom stereocenters. The third-order valence-corrected chi connectivity index (χ3v) is 2.56. The first-order valence-electron chi connectivity index (χ1n) is 6.19. The molecule has 4 nitrogen and oxygen atoms in total. The van der Waals surface area contributed by atoms with Crippen molar-refractivity contribution in [1.29, 1.82) is 5.26 Å². The average molecular weight is 257 g/mol. The SMILES string of the molecule is Cc1ccc(NC(=O)/C(C#N)=C\NC(C)C)c(C)c1. The fourth-order valence-electron chi connectivity index (χ4n) is 1.54. The van der Waals surface area contributed by atoms with E-state index in [1.54, 1.807) is 0 Å². The molecule has 0 aliphatic carbocycles. The molecule has 0 aliphatic rings. The van der Waals surface area contributed by atoms with E-state index in [-0.39, 0.29) is 11.6 Å². The molecule has 0 bridgehead atoms. The number of nitrogens with one attached hydrogen (secondary N) is 2. The Morgan fingerprint density at radius 1 is 1.37 bits per heavy atom. The Bertz CT molecular complexity index is 539. The summed E-state index contributed by atoms with van der Waals surface area (Å²) >= 11 is 0. The molecule has 1 aromatic rings. The third-order valence-electron chi connectivity index (χ3n) is 2.56. The molecule has 0 aliphatic heterocycles. The van der Waals surface area contributed by atoms with E-state index in [0.29, 0.717) is 0 Å². The maximum Gasteiger partial charge on any atom is 0.267 e. The van der Waals surface area contributed by atoms with Crippen LogP contribution in [-0.2, 0) is 4.79 Å². The van der Waals surface area contributed by atoms with Crippen LogP contribution >= 0.6 is 0 Å². The van der Waals surface area contributed by atoms with Crippen molar-refractivity contribution in [1.82, 2.24) is 5.32 Å². The van der Waals surface area contributed by atoms with Crippen molar-refractivity contribution < 1.29 is 4.79 Å². The Morgan fingerprint density at radius 2 is 2.05 bits per heavy atom. The zero-order valence-electron chi connectivity index (χ0n) is 11.7. The summed E-state index contributed by atoms with van der Waals surface area (Å²) in [6.07, 6.45) is 1.45. The summed E-state index contributed by atoms with van der Waals surface area (Å²) in [5, 5.41) is 14.7. The summed E-state index contributed by atoms with van der Waals surface area (Å²) in [4.78, 5) is 12.0. The average Bonchev–Trinajstić information content (AvgIpc) is 2.33. The summed E-state index contributed by atoms with van der Waals surface area (Å²) in [5.41, 5.74) is 2.89. The molecular formula is C15H19N3O. The van der Waals surface area contributed by atoms with Crippen molar-refractivity contribution in [3.05, 3.63) is 41.1 Å². The Labute approximate surface area is 114 Å². The number of aryl methyl sites for hydroxylation is 2. The van der Waals surface area contributed by atoms with Gasteiger partial charge in [-0.15, -0.1) is 0 Å². The molecular weight excluding hydrogens is 238 g/mol. The van der Waals surface area contributed by atoms with Crippen LogP contribution < -0.4 is 10.6 Å². The lowest BCUT2D eigenvalue weighted by atomic mass is 10.1. The van der Waals surface area contributed by atoms with Gasteiger partial charge in [-0.25, -0.2) is 0 Å². The fraction of sp³-hybridized carbons (Fsp3) is 0.333. The zero-order valence-corrected chi connectivity index (χ0v) is 11.7. The van der Waals surface area contributed by atoms with E-state index in [1.165, 1.54) is 6.20 Å². The number of carbonyl (C=O) groups excluding carboxylic acids is 1. The number of hydrogen-bond donors (Lipinski definition) is 2. The minimum Gasteiger partial charge on any atom is -0.387 e. The Hall–Kier alpha value is -2.28. The smallest absolute Gasteiger partial charge is 0.267 e. The number of hydrogen-bond acceptors (Lipinski definition) is 3. The van der Waals surface area contributed by atoms with Gasteiger partial charge in [0.15, 0.2) is 0 Å². The molecule has 0 heterocycles. The lowest BCUT2D eigenvalue weighted by Crippen LogP contribution is -2.20. The van der Waals surface area contributed by atoms with Crippen LogP contribution in [0.25, 0.3) is 0 Å². The Morgan fingerprint density at radius 3 is 2.58 bits per heavy atom. The lowest BCUT2D eigenvalue weighted by molar-refractivity contribution is -0.112. The van der Waals surface area contributed by atoms with Crippen molar-refractivity contribution in [2.75, 3.05) is 5.32 Å². The van der Waals surface area contributed by atoms with Crippen molar-refractivity contribution in [3.63, 3.8) is 0 Å². The van der Waals surface area contributed by atoms with Crippen LogP contribution in [-0.4, -0.2) is 11.9 Å². The number of amides is 1. The van der Waals surface area contributed by atoms with E-state index >= 15 is 0 Å². The lowest BCUT2D eigenvalue weighted by Gasteiger charge is -2.09. The van der Waals surface area contributed by atoms with E-state index in [9.17, 15) is 4.79 Å². The van der Waals surface area contributed by atoms with Gasteiger partial charge >= 0.3 is 0 Å². The van der Waals surface area contributed by atoms with E-state index in [1.807, 2.05) is 52.0 Å². The van der Waals surface area contributed by atoms with Crippen molar-refractivity contribution in [2.45, 2.75) is 33.7 Å². The molecule has 0 spiro atoms. The largest absolute Gasteiger partial charge is 0.387 e. The molecule has 19 heavy (non-hydrogen) atoms. The summed E-state index contributed by atoms with van der Waals surface area (Å²) in [7, 11) is 0. The Kier molecular flexibility index (Phi) is 5.13. The van der Waals surface area contributed by atoms with E-state index < -0.39 is 5.91 Å². The second-order valence-corrected chi connectivity index (χ2v) is 4.76. The predicted molar refractivity (Wildman–Crippen MR) is 76.5 cm³/mol. The fourth-order valence-corrected chi connectivity index (χ4v) is 1.54. The van der Waals surface area contributed by atoms with Gasteiger partial charge in [0.1, 0.15) is 11.6 Å². The summed E-state index contributed by atoms with van der Waals surface area (Å²) < 4.78 is 0. The molecule has 0 aromatic heterocycles. The van der Waals surface area contributed by atoms with Crippen molar-refractivity contribution in [3.8, 4) is 6.07 Å². The summed E-state index contributed by atoms with van der Waals surface area (Å²) in [6, 6.07) is 7.82. The second kappa shape index (κ2) is 6.60. The Balaban J connectivity index is 2.83. The highest BCUT2D eigenvalue weighted by molar-refractivity contribution is 6.06. The monoisotopic (exact) mass is 257 g/mol. The van der Waals surface area contributed by atoms with Crippen LogP contribution in [0.3, 0.4) is 0 Å². The minimum atomic E-state index is -0.400. The van der Waals surface area contributed by atoms with Gasteiger partial charge in [-0.2, -0.15) is 5.26 Å². The number of carbonyl (C=O) groups is 1. The highest BCUT2D eigenvalue weighted by atomic mass is 16.1. The summed E-state index contributed by atoms with van der Waals surface area (Å²) in [6.45, 7) is 7.79. The van der Waals surface area contributed by atoms with E-state index in [0.717, 1.165) is 16.8 Å². The topological polar surface area (TPSA) is 64.9 Å². The van der Waals surface area contributed by atoms with E-state index in [2.05, 4.69) is 10.6 Å². The van der Waals surface area contributed by atoms with Gasteiger partial charge in [-0.3, -0.25) is 4.79 Å². The first kappa shape index (κ1) is 14.8. The number of rotatable bonds is 4. The molecule has 0 fully saturated rings. The van der Waals surface area contributed by atoms with Crippen LogP contribution in [0.2, 0.25) is 0 Å². The highest BCUT2D eigenvalue weighted by Crippen LogP contribution is 2.16. The highest BCUT2D eigenvalue weighted by Gasteiger charge is 2.10. The molecule has 4 heteroatoms. The molecule has 0 saturated heterocycles. The van der Waals surface area contributed by atoms with Gasteiger partial charge in [0.25, 0.3) is 5.91 Å². The van der Waals surface area contributed by atoms with Gasteiger partial charge in [-0.05, 0) is 39.3 Å².